The van der Waals surface area contributed by atoms with Gasteiger partial charge in [-0.3, -0.25) is 0 Å². The van der Waals surface area contributed by atoms with Crippen molar-refractivity contribution in [2.24, 2.45) is 0 Å². The van der Waals surface area contributed by atoms with Gasteiger partial charge in [0.25, 0.3) is 0 Å². The van der Waals surface area contributed by atoms with Gasteiger partial charge >= 0.3 is 0 Å². The molecule has 1 N–H and O–H groups in total. The monoisotopic (exact) mass is 175 g/mol. The molecule has 0 spiro atoms. The lowest BCUT2D eigenvalue weighted by molar-refractivity contribution is 0.537. The van der Waals surface area contributed by atoms with Crippen LogP contribution in [0, 0.1) is 6.92 Å². The number of benzene rings is 1. The zero-order valence-electron chi connectivity index (χ0n) is 8.43. The van der Waals surface area contributed by atoms with Crippen molar-refractivity contribution in [3.8, 4) is 0 Å². The average molecular weight is 175 g/mol. The first-order chi connectivity index (χ1) is 6.18. The lowest BCUT2D eigenvalue weighted by Gasteiger charge is -2.11. The fourth-order valence-electron chi connectivity index (χ4n) is 1.50. The Morgan fingerprint density at radius 1 is 1.38 bits per heavy atom. The fraction of sp³-hybridized carbons (Fsp3) is 0.500. The van der Waals surface area contributed by atoms with Gasteiger partial charge in [0.1, 0.15) is 0 Å². The molecule has 0 saturated heterocycles. The molecule has 1 saturated carbocycles. The highest BCUT2D eigenvalue weighted by atomic mass is 15.0. The average Bonchev–Trinajstić information content (AvgIpc) is 2.82. The molecule has 0 amide bonds. The van der Waals surface area contributed by atoms with Crippen LogP contribution in [0.4, 0.5) is 0 Å². The van der Waals surface area contributed by atoms with E-state index in [4.69, 9.17) is 0 Å². The summed E-state index contributed by atoms with van der Waals surface area (Å²) >= 11 is 0. The van der Waals surface area contributed by atoms with Crippen LogP contribution in [0.3, 0.4) is 0 Å². The van der Waals surface area contributed by atoms with E-state index in [0.717, 1.165) is 6.54 Å². The summed E-state index contributed by atoms with van der Waals surface area (Å²) in [5.74, 6) is 0. The maximum atomic E-state index is 3.58. The predicted octanol–water partition coefficient (Wildman–Crippen LogP) is 2.64. The van der Waals surface area contributed by atoms with Crippen molar-refractivity contribution in [2.75, 3.05) is 0 Å². The maximum Gasteiger partial charge on any atom is 0.0210 e. The Labute approximate surface area is 80.2 Å². The maximum absolute atomic E-state index is 3.58. The van der Waals surface area contributed by atoms with Gasteiger partial charge in [-0.2, -0.15) is 0 Å². The molecule has 13 heavy (non-hydrogen) atoms. The standard InChI is InChI=1S/C12H17N/c1-10-4-3-5-11(8-10)9-13-12(2)6-7-12/h3-5,8,13H,6-7,9H2,1-2H3. The lowest BCUT2D eigenvalue weighted by atomic mass is 10.1. The molecule has 1 aliphatic carbocycles. The number of hydrogen-bond acceptors (Lipinski definition) is 1. The Morgan fingerprint density at radius 2 is 2.15 bits per heavy atom. The van der Waals surface area contributed by atoms with Gasteiger partial charge in [-0.1, -0.05) is 29.8 Å². The molecular weight excluding hydrogens is 158 g/mol. The third-order valence-corrected chi connectivity index (χ3v) is 2.80. The molecule has 1 aromatic carbocycles. The zero-order chi connectivity index (χ0) is 9.31. The third-order valence-electron chi connectivity index (χ3n) is 2.80. The summed E-state index contributed by atoms with van der Waals surface area (Å²) in [6.07, 6.45) is 2.66. The van der Waals surface area contributed by atoms with Crippen LogP contribution in [-0.4, -0.2) is 5.54 Å². The van der Waals surface area contributed by atoms with Crippen molar-refractivity contribution in [3.63, 3.8) is 0 Å². The van der Waals surface area contributed by atoms with Crippen molar-refractivity contribution < 1.29 is 0 Å². The van der Waals surface area contributed by atoms with Crippen LogP contribution in [0.1, 0.15) is 30.9 Å². The predicted molar refractivity (Wildman–Crippen MR) is 55.7 cm³/mol. The molecule has 0 atom stereocenters. The second-order valence-electron chi connectivity index (χ2n) is 4.40. The van der Waals surface area contributed by atoms with Gasteiger partial charge in [0, 0.05) is 12.1 Å². The van der Waals surface area contributed by atoms with Gasteiger partial charge in [-0.15, -0.1) is 0 Å². The Kier molecular flexibility index (Phi) is 2.12. The lowest BCUT2D eigenvalue weighted by Crippen LogP contribution is -2.26. The molecule has 0 aromatic heterocycles. The zero-order valence-corrected chi connectivity index (χ0v) is 8.43. The van der Waals surface area contributed by atoms with Crippen LogP contribution in [-0.2, 0) is 6.54 Å². The van der Waals surface area contributed by atoms with Gasteiger partial charge in [0.2, 0.25) is 0 Å². The first-order valence-corrected chi connectivity index (χ1v) is 4.99. The molecule has 2 rings (SSSR count). The summed E-state index contributed by atoms with van der Waals surface area (Å²) in [5, 5.41) is 3.58. The Bertz CT molecular complexity index is 300. The van der Waals surface area contributed by atoms with E-state index in [0.29, 0.717) is 5.54 Å². The van der Waals surface area contributed by atoms with Crippen LogP contribution in [0.2, 0.25) is 0 Å². The van der Waals surface area contributed by atoms with E-state index in [1.165, 1.54) is 24.0 Å². The van der Waals surface area contributed by atoms with Gasteiger partial charge in [0.05, 0.1) is 0 Å². The second kappa shape index (κ2) is 3.15. The second-order valence-corrected chi connectivity index (χ2v) is 4.40. The van der Waals surface area contributed by atoms with E-state index in [9.17, 15) is 0 Å². The summed E-state index contributed by atoms with van der Waals surface area (Å²) < 4.78 is 0. The molecule has 1 aromatic rings. The van der Waals surface area contributed by atoms with E-state index >= 15 is 0 Å². The molecule has 70 valence electrons. The van der Waals surface area contributed by atoms with Gasteiger partial charge < -0.3 is 5.32 Å². The minimum atomic E-state index is 0.448. The molecule has 0 unspecified atom stereocenters. The minimum Gasteiger partial charge on any atom is -0.307 e. The molecule has 1 aliphatic rings. The third kappa shape index (κ3) is 2.31. The fourth-order valence-corrected chi connectivity index (χ4v) is 1.50. The molecule has 0 heterocycles. The van der Waals surface area contributed by atoms with Gasteiger partial charge in [0.15, 0.2) is 0 Å². The summed E-state index contributed by atoms with van der Waals surface area (Å²) in [6.45, 7) is 5.45. The molecule has 0 radical (unpaired) electrons. The van der Waals surface area contributed by atoms with Crippen LogP contribution in [0.5, 0.6) is 0 Å². The highest BCUT2D eigenvalue weighted by Crippen LogP contribution is 2.34. The molecule has 0 aliphatic heterocycles. The number of aryl methyl sites for hydroxylation is 1. The smallest absolute Gasteiger partial charge is 0.0210 e. The molecule has 1 heteroatoms. The van der Waals surface area contributed by atoms with E-state index < -0.39 is 0 Å². The summed E-state index contributed by atoms with van der Waals surface area (Å²) in [5.41, 5.74) is 3.19. The topological polar surface area (TPSA) is 12.0 Å². The number of hydrogen-bond donors (Lipinski definition) is 1. The highest BCUT2D eigenvalue weighted by molar-refractivity contribution is 5.22. The van der Waals surface area contributed by atoms with Gasteiger partial charge in [-0.25, -0.2) is 0 Å². The SMILES string of the molecule is Cc1cccc(CNC2(C)CC2)c1. The highest BCUT2D eigenvalue weighted by Gasteiger charge is 2.36. The van der Waals surface area contributed by atoms with Crippen molar-refractivity contribution in [1.29, 1.82) is 0 Å². The summed E-state index contributed by atoms with van der Waals surface area (Å²) in [4.78, 5) is 0. The minimum absolute atomic E-state index is 0.448. The van der Waals surface area contributed by atoms with Crippen molar-refractivity contribution in [1.82, 2.24) is 5.32 Å². The summed E-state index contributed by atoms with van der Waals surface area (Å²) in [7, 11) is 0. The van der Waals surface area contributed by atoms with E-state index in [-0.39, 0.29) is 0 Å². The van der Waals surface area contributed by atoms with E-state index in [2.05, 4.69) is 43.4 Å². The molecule has 1 fully saturated rings. The number of nitrogens with one attached hydrogen (secondary N) is 1. The quantitative estimate of drug-likeness (QED) is 0.744. The Morgan fingerprint density at radius 3 is 2.77 bits per heavy atom. The summed E-state index contributed by atoms with van der Waals surface area (Å²) in [6, 6.07) is 8.70. The Hall–Kier alpha value is -0.820. The van der Waals surface area contributed by atoms with Crippen molar-refractivity contribution in [3.05, 3.63) is 35.4 Å². The first kappa shape index (κ1) is 8.76. The van der Waals surface area contributed by atoms with E-state index in [1.54, 1.807) is 0 Å². The first-order valence-electron chi connectivity index (χ1n) is 4.99. The molecule has 1 nitrogen and oxygen atoms in total. The van der Waals surface area contributed by atoms with Crippen LogP contribution >= 0.6 is 0 Å². The van der Waals surface area contributed by atoms with Gasteiger partial charge in [-0.05, 0) is 32.3 Å². The van der Waals surface area contributed by atoms with Crippen LogP contribution in [0.25, 0.3) is 0 Å². The number of rotatable bonds is 3. The van der Waals surface area contributed by atoms with E-state index in [1.807, 2.05) is 0 Å². The van der Waals surface area contributed by atoms with Crippen LogP contribution in [0.15, 0.2) is 24.3 Å². The van der Waals surface area contributed by atoms with Crippen molar-refractivity contribution in [2.45, 2.75) is 38.8 Å². The molecule has 0 bridgehead atoms. The van der Waals surface area contributed by atoms with Crippen LogP contribution < -0.4 is 5.32 Å². The Balaban J connectivity index is 1.94. The van der Waals surface area contributed by atoms with Crippen molar-refractivity contribution >= 4 is 0 Å². The molecular formula is C12H17N. The largest absolute Gasteiger partial charge is 0.307 e. The normalized spacial score (nSPS) is 18.6.